The number of carbonyl (C=O) groups is 1. The molecule has 0 aromatic heterocycles. The maximum Gasteiger partial charge on any atom is 0.238 e. The number of amides is 1. The molecule has 1 aromatic carbocycles. The second-order valence-corrected chi connectivity index (χ2v) is 5.32. The number of carbonyl (C=O) groups excluding carboxylic acids is 1. The molecule has 1 rings (SSSR count). The van der Waals surface area contributed by atoms with E-state index in [1.54, 1.807) is 5.40 Å². The highest BCUT2D eigenvalue weighted by Crippen LogP contribution is 2.13. The zero-order valence-electron chi connectivity index (χ0n) is 8.58. The summed E-state index contributed by atoms with van der Waals surface area (Å²) in [5.41, 5.74) is 0.445. The molecule has 0 radical (unpaired) electrons. The van der Waals surface area contributed by atoms with Crippen LogP contribution in [-0.4, -0.2) is 20.1 Å². The molecule has 17 heavy (non-hydrogen) atoms. The molecule has 3 N–H and O–H groups in total. The topological polar surface area (TPSA) is 113 Å². The molecule has 0 aliphatic heterocycles. The third-order valence-electron chi connectivity index (χ3n) is 1.73. The van der Waals surface area contributed by atoms with Gasteiger partial charge in [-0.15, -0.1) is 0 Å². The average Bonchev–Trinajstić information content (AvgIpc) is 2.26. The van der Waals surface area contributed by atoms with Crippen LogP contribution < -0.4 is 10.5 Å². The maximum absolute atomic E-state index is 11.2. The second kappa shape index (κ2) is 5.67. The number of nitrogens with zero attached hydrogens (tertiary/aromatic N) is 1. The first-order valence-corrected chi connectivity index (χ1v) is 6.90. The minimum Gasteiger partial charge on any atom is -0.325 e. The van der Waals surface area contributed by atoms with E-state index in [2.05, 4.69) is 5.32 Å². The first-order valence-electron chi connectivity index (χ1n) is 4.37. The minimum atomic E-state index is -3.72. The van der Waals surface area contributed by atoms with Crippen molar-refractivity contribution >= 4 is 33.4 Å². The first kappa shape index (κ1) is 13.5. The minimum absolute atomic E-state index is 0.0213. The van der Waals surface area contributed by atoms with Gasteiger partial charge in [-0.25, -0.2) is 13.6 Å². The molecule has 0 unspecified atom stereocenters. The van der Waals surface area contributed by atoms with Crippen LogP contribution >= 0.6 is 11.8 Å². The number of anilines is 1. The van der Waals surface area contributed by atoms with Crippen molar-refractivity contribution < 1.29 is 13.2 Å². The van der Waals surface area contributed by atoms with Gasteiger partial charge in [0, 0.05) is 5.69 Å². The third-order valence-corrected chi connectivity index (χ3v) is 3.20. The van der Waals surface area contributed by atoms with E-state index in [1.807, 2.05) is 0 Å². The van der Waals surface area contributed by atoms with Gasteiger partial charge in [-0.3, -0.25) is 4.79 Å². The normalized spacial score (nSPS) is 10.6. The molecule has 6 nitrogen and oxygen atoms in total. The van der Waals surface area contributed by atoms with Gasteiger partial charge in [0.2, 0.25) is 15.9 Å². The van der Waals surface area contributed by atoms with Crippen molar-refractivity contribution in [3.05, 3.63) is 24.3 Å². The Morgan fingerprint density at radius 2 is 2.00 bits per heavy atom. The summed E-state index contributed by atoms with van der Waals surface area (Å²) in [6.07, 6.45) is 0. The molecule has 0 fully saturated rings. The van der Waals surface area contributed by atoms with Gasteiger partial charge >= 0.3 is 0 Å². The van der Waals surface area contributed by atoms with Crippen LogP contribution in [0.1, 0.15) is 0 Å². The first-order chi connectivity index (χ1) is 7.93. The van der Waals surface area contributed by atoms with E-state index in [-0.39, 0.29) is 16.6 Å². The fourth-order valence-electron chi connectivity index (χ4n) is 1.02. The highest BCUT2D eigenvalue weighted by molar-refractivity contribution is 8.04. The van der Waals surface area contributed by atoms with Crippen molar-refractivity contribution in [2.75, 3.05) is 11.1 Å². The maximum atomic E-state index is 11.2. The molecule has 0 aliphatic rings. The SMILES string of the molecule is N#CSCC(=O)Nc1ccc(S(N)(=O)=O)cc1. The van der Waals surface area contributed by atoms with Gasteiger partial charge in [0.1, 0.15) is 5.40 Å². The number of nitriles is 1. The van der Waals surface area contributed by atoms with E-state index >= 15 is 0 Å². The predicted molar refractivity (Wildman–Crippen MR) is 64.5 cm³/mol. The molecule has 1 aromatic rings. The van der Waals surface area contributed by atoms with Crippen LogP contribution in [0.2, 0.25) is 0 Å². The lowest BCUT2D eigenvalue weighted by molar-refractivity contribution is -0.113. The summed E-state index contributed by atoms with van der Waals surface area (Å²) < 4.78 is 21.9. The van der Waals surface area contributed by atoms with E-state index in [1.165, 1.54) is 24.3 Å². The van der Waals surface area contributed by atoms with Crippen LogP contribution in [-0.2, 0) is 14.8 Å². The number of benzene rings is 1. The van der Waals surface area contributed by atoms with Crippen LogP contribution in [0, 0.1) is 10.7 Å². The molecule has 0 saturated carbocycles. The predicted octanol–water partition coefficient (Wildman–Crippen LogP) is 0.487. The number of thioether (sulfide) groups is 1. The lowest BCUT2D eigenvalue weighted by atomic mass is 10.3. The zero-order chi connectivity index (χ0) is 12.9. The zero-order valence-corrected chi connectivity index (χ0v) is 10.2. The van der Waals surface area contributed by atoms with Crippen molar-refractivity contribution in [3.63, 3.8) is 0 Å². The monoisotopic (exact) mass is 271 g/mol. The van der Waals surface area contributed by atoms with Gasteiger partial charge in [0.15, 0.2) is 0 Å². The van der Waals surface area contributed by atoms with Crippen molar-refractivity contribution in [2.45, 2.75) is 4.90 Å². The molecule has 8 heteroatoms. The Balaban J connectivity index is 2.70. The van der Waals surface area contributed by atoms with Gasteiger partial charge in [-0.1, -0.05) is 0 Å². The van der Waals surface area contributed by atoms with Crippen LogP contribution in [0.3, 0.4) is 0 Å². The molecular weight excluding hydrogens is 262 g/mol. The largest absolute Gasteiger partial charge is 0.325 e. The molecule has 90 valence electrons. The molecule has 1 amide bonds. The molecule has 0 saturated heterocycles. The van der Waals surface area contributed by atoms with Crippen molar-refractivity contribution in [2.24, 2.45) is 5.14 Å². The highest BCUT2D eigenvalue weighted by Gasteiger charge is 2.07. The van der Waals surface area contributed by atoms with Gasteiger partial charge in [-0.05, 0) is 36.0 Å². The number of thiocyanates is 1. The number of rotatable bonds is 4. The molecular formula is C9H9N3O3S2. The van der Waals surface area contributed by atoms with Gasteiger partial charge < -0.3 is 5.32 Å². The van der Waals surface area contributed by atoms with Crippen molar-refractivity contribution in [1.82, 2.24) is 0 Å². The number of nitrogens with one attached hydrogen (secondary N) is 1. The second-order valence-electron chi connectivity index (χ2n) is 3.00. The van der Waals surface area contributed by atoms with Crippen molar-refractivity contribution in [3.8, 4) is 5.40 Å². The summed E-state index contributed by atoms with van der Waals surface area (Å²) in [7, 11) is -3.72. The van der Waals surface area contributed by atoms with Crippen LogP contribution in [0.25, 0.3) is 0 Å². The molecule has 0 spiro atoms. The summed E-state index contributed by atoms with van der Waals surface area (Å²) in [4.78, 5) is 11.2. The van der Waals surface area contributed by atoms with E-state index in [9.17, 15) is 13.2 Å². The number of hydrogen-bond acceptors (Lipinski definition) is 5. The summed E-state index contributed by atoms with van der Waals surface area (Å²) in [6.45, 7) is 0. The third kappa shape index (κ3) is 4.44. The van der Waals surface area contributed by atoms with E-state index in [0.717, 1.165) is 11.8 Å². The Kier molecular flexibility index (Phi) is 4.51. The molecule has 0 heterocycles. The Labute approximate surface area is 103 Å². The van der Waals surface area contributed by atoms with Crippen LogP contribution in [0.5, 0.6) is 0 Å². The summed E-state index contributed by atoms with van der Waals surface area (Å²) in [6, 6.07) is 5.44. The Morgan fingerprint density at radius 3 is 2.47 bits per heavy atom. The van der Waals surface area contributed by atoms with Crippen LogP contribution in [0.15, 0.2) is 29.2 Å². The van der Waals surface area contributed by atoms with E-state index < -0.39 is 10.0 Å². The Hall–Kier alpha value is -1.56. The quantitative estimate of drug-likeness (QED) is 0.773. The number of nitrogens with two attached hydrogens (primary N) is 1. The number of hydrogen-bond donors (Lipinski definition) is 2. The number of sulfonamides is 1. The highest BCUT2D eigenvalue weighted by atomic mass is 32.2. The van der Waals surface area contributed by atoms with Crippen molar-refractivity contribution in [1.29, 1.82) is 5.26 Å². The fraction of sp³-hybridized carbons (Fsp3) is 0.111. The molecule has 0 bridgehead atoms. The van der Waals surface area contributed by atoms with Crippen LogP contribution in [0.4, 0.5) is 5.69 Å². The average molecular weight is 271 g/mol. The Bertz CT molecular complexity index is 546. The molecule has 0 aliphatic carbocycles. The molecule has 0 atom stereocenters. The standard InChI is InChI=1S/C9H9N3O3S2/c10-6-16-5-9(13)12-7-1-3-8(4-2-7)17(11,14)15/h1-4H,5H2,(H,12,13)(H2,11,14,15). The summed E-state index contributed by atoms with van der Waals surface area (Å²) in [5, 5.41) is 17.5. The lowest BCUT2D eigenvalue weighted by Gasteiger charge is -2.04. The smallest absolute Gasteiger partial charge is 0.238 e. The van der Waals surface area contributed by atoms with E-state index in [0.29, 0.717) is 5.69 Å². The fourth-order valence-corrected chi connectivity index (χ4v) is 1.81. The number of primary sulfonamides is 1. The van der Waals surface area contributed by atoms with Gasteiger partial charge in [0.25, 0.3) is 0 Å². The summed E-state index contributed by atoms with van der Waals surface area (Å²) in [5.74, 6) is -0.312. The van der Waals surface area contributed by atoms with E-state index in [4.69, 9.17) is 10.4 Å². The summed E-state index contributed by atoms with van der Waals surface area (Å²) >= 11 is 0.820. The van der Waals surface area contributed by atoms with Gasteiger partial charge in [0.05, 0.1) is 10.6 Å². The van der Waals surface area contributed by atoms with Gasteiger partial charge in [-0.2, -0.15) is 5.26 Å². The Morgan fingerprint density at radius 1 is 1.41 bits per heavy atom. The lowest BCUT2D eigenvalue weighted by Crippen LogP contribution is -2.14.